The van der Waals surface area contributed by atoms with Gasteiger partial charge in [-0.05, 0) is 73.2 Å². The summed E-state index contributed by atoms with van der Waals surface area (Å²) in [6.45, 7) is 6.23. The third-order valence-corrected chi connectivity index (χ3v) is 9.89. The van der Waals surface area contributed by atoms with Gasteiger partial charge in [0, 0.05) is 68.4 Å². The van der Waals surface area contributed by atoms with Gasteiger partial charge in [-0.2, -0.15) is 0 Å². The SMILES string of the molecule is COc1cc(N2CCN(CCCc3ccc(C4CCC(=O)NC4=O)cc3)CC2)ccc1-c1ccc(F)c2[nH]c(C(=O)N3CCC3)cc12. The van der Waals surface area contributed by atoms with Crippen LogP contribution in [0.4, 0.5) is 10.1 Å². The number of carbonyl (C=O) groups is 3. The Morgan fingerprint density at radius 1 is 0.936 bits per heavy atom. The average Bonchev–Trinajstić information content (AvgIpc) is 3.52. The Labute approximate surface area is 273 Å². The summed E-state index contributed by atoms with van der Waals surface area (Å²) in [6.07, 6.45) is 3.98. The van der Waals surface area contributed by atoms with Crippen LogP contribution in [0.2, 0.25) is 0 Å². The Kier molecular flexibility index (Phi) is 8.68. The minimum Gasteiger partial charge on any atom is -0.496 e. The van der Waals surface area contributed by atoms with Gasteiger partial charge in [-0.1, -0.05) is 30.3 Å². The molecule has 4 aromatic rings. The molecule has 3 aromatic carbocycles. The van der Waals surface area contributed by atoms with E-state index in [0.29, 0.717) is 35.2 Å². The van der Waals surface area contributed by atoms with E-state index in [1.165, 1.54) is 11.6 Å². The van der Waals surface area contributed by atoms with Crippen molar-refractivity contribution in [3.63, 3.8) is 0 Å². The number of rotatable bonds is 9. The number of fused-ring (bicyclic) bond motifs is 1. The smallest absolute Gasteiger partial charge is 0.270 e. The van der Waals surface area contributed by atoms with Crippen molar-refractivity contribution in [3.8, 4) is 16.9 Å². The number of aryl methyl sites for hydroxylation is 1. The highest BCUT2D eigenvalue weighted by atomic mass is 19.1. The lowest BCUT2D eigenvalue weighted by molar-refractivity contribution is -0.134. The van der Waals surface area contributed by atoms with Crippen molar-refractivity contribution in [2.45, 2.75) is 38.0 Å². The average molecular weight is 638 g/mol. The molecule has 0 radical (unpaired) electrons. The van der Waals surface area contributed by atoms with Crippen molar-refractivity contribution < 1.29 is 23.5 Å². The van der Waals surface area contributed by atoms with E-state index in [0.717, 1.165) is 87.5 Å². The number of aromatic nitrogens is 1. The van der Waals surface area contributed by atoms with Crippen LogP contribution < -0.4 is 15.0 Å². The molecule has 3 amide bonds. The molecule has 9 nitrogen and oxygen atoms in total. The van der Waals surface area contributed by atoms with Crippen molar-refractivity contribution >= 4 is 34.3 Å². The molecule has 1 unspecified atom stereocenters. The summed E-state index contributed by atoms with van der Waals surface area (Å²) in [5.41, 5.74) is 5.72. The molecule has 0 aliphatic carbocycles. The van der Waals surface area contributed by atoms with E-state index in [9.17, 15) is 18.8 Å². The number of hydrogen-bond acceptors (Lipinski definition) is 6. The van der Waals surface area contributed by atoms with Gasteiger partial charge in [0.1, 0.15) is 17.3 Å². The maximum absolute atomic E-state index is 14.8. The van der Waals surface area contributed by atoms with Gasteiger partial charge in [0.05, 0.1) is 18.5 Å². The van der Waals surface area contributed by atoms with Crippen LogP contribution in [0.3, 0.4) is 0 Å². The number of anilines is 1. The molecule has 3 fully saturated rings. The maximum atomic E-state index is 14.8. The summed E-state index contributed by atoms with van der Waals surface area (Å²) in [5.74, 6) is -0.403. The van der Waals surface area contributed by atoms with Gasteiger partial charge in [0.25, 0.3) is 5.91 Å². The lowest BCUT2D eigenvalue weighted by atomic mass is 9.90. The number of hydrogen-bond donors (Lipinski definition) is 2. The molecule has 47 heavy (non-hydrogen) atoms. The number of piperazine rings is 1. The molecule has 10 heteroatoms. The summed E-state index contributed by atoms with van der Waals surface area (Å²) < 4.78 is 20.7. The number of likely N-dealkylation sites (tertiary alicyclic amines) is 1. The molecular formula is C37H40FN5O4. The highest BCUT2D eigenvalue weighted by Gasteiger charge is 2.28. The largest absolute Gasteiger partial charge is 0.496 e. The highest BCUT2D eigenvalue weighted by Crippen LogP contribution is 2.39. The fourth-order valence-corrected chi connectivity index (χ4v) is 6.99. The number of halogens is 1. The zero-order valence-electron chi connectivity index (χ0n) is 26.7. The van der Waals surface area contributed by atoms with Gasteiger partial charge in [0.15, 0.2) is 0 Å². The van der Waals surface area contributed by atoms with Gasteiger partial charge in [-0.25, -0.2) is 4.39 Å². The molecule has 244 valence electrons. The second-order valence-electron chi connectivity index (χ2n) is 12.8. The minimum absolute atomic E-state index is 0.0973. The van der Waals surface area contributed by atoms with Crippen molar-refractivity contribution in [3.05, 3.63) is 83.3 Å². The predicted octanol–water partition coefficient (Wildman–Crippen LogP) is 5.10. The first kappa shape index (κ1) is 30.9. The molecule has 3 saturated heterocycles. The summed E-state index contributed by atoms with van der Waals surface area (Å²) in [4.78, 5) is 46.1. The molecule has 3 aliphatic rings. The van der Waals surface area contributed by atoms with E-state index in [-0.39, 0.29) is 29.5 Å². The van der Waals surface area contributed by atoms with E-state index in [1.54, 1.807) is 24.1 Å². The monoisotopic (exact) mass is 637 g/mol. The molecule has 2 N–H and O–H groups in total. The number of ether oxygens (including phenoxy) is 1. The fourth-order valence-electron chi connectivity index (χ4n) is 6.99. The number of nitrogens with one attached hydrogen (secondary N) is 2. The summed E-state index contributed by atoms with van der Waals surface area (Å²) in [7, 11) is 1.65. The molecule has 1 aromatic heterocycles. The summed E-state index contributed by atoms with van der Waals surface area (Å²) >= 11 is 0. The van der Waals surface area contributed by atoms with E-state index < -0.39 is 0 Å². The Bertz CT molecular complexity index is 1810. The van der Waals surface area contributed by atoms with E-state index in [4.69, 9.17) is 4.74 Å². The van der Waals surface area contributed by atoms with Crippen molar-refractivity contribution in [2.24, 2.45) is 0 Å². The number of methoxy groups -OCH3 is 1. The van der Waals surface area contributed by atoms with Gasteiger partial charge >= 0.3 is 0 Å². The third-order valence-electron chi connectivity index (χ3n) is 9.89. The van der Waals surface area contributed by atoms with Crippen LogP contribution in [0.15, 0.2) is 60.7 Å². The van der Waals surface area contributed by atoms with Crippen LogP contribution in [0, 0.1) is 5.82 Å². The Morgan fingerprint density at radius 3 is 2.40 bits per heavy atom. The van der Waals surface area contributed by atoms with Crippen LogP contribution in [0.1, 0.15) is 53.2 Å². The molecule has 4 heterocycles. The highest BCUT2D eigenvalue weighted by molar-refractivity contribution is 6.04. The number of imide groups is 1. The standard InChI is InChI=1S/C37H40FN5O4/c1-47-33-22-26(9-10-29(33)28-11-13-31(38)35-30(28)23-32(39-35)37(46)43-16-3-17-43)42-20-18-41(19-21-42)15-2-4-24-5-7-25(8-6-24)27-12-14-34(44)40-36(27)45/h5-11,13,22-23,27,39H,2-4,12,14-21H2,1H3,(H,40,44,45). The lowest BCUT2D eigenvalue weighted by Crippen LogP contribution is -2.46. The van der Waals surface area contributed by atoms with E-state index in [2.05, 4.69) is 44.4 Å². The van der Waals surface area contributed by atoms with E-state index in [1.807, 2.05) is 18.2 Å². The zero-order valence-corrected chi connectivity index (χ0v) is 26.7. The summed E-state index contributed by atoms with van der Waals surface area (Å²) in [5, 5.41) is 3.11. The Hall–Kier alpha value is -4.70. The molecule has 7 rings (SSSR count). The van der Waals surface area contributed by atoms with Crippen LogP contribution in [0.5, 0.6) is 5.75 Å². The molecule has 3 aliphatic heterocycles. The van der Waals surface area contributed by atoms with Gasteiger partial charge in [-0.3, -0.25) is 24.6 Å². The molecule has 0 spiro atoms. The van der Waals surface area contributed by atoms with Crippen LogP contribution >= 0.6 is 0 Å². The molecule has 1 atom stereocenters. The topological polar surface area (TPSA) is 98.0 Å². The molecule has 0 bridgehead atoms. The Morgan fingerprint density at radius 2 is 1.70 bits per heavy atom. The lowest BCUT2D eigenvalue weighted by Gasteiger charge is -2.36. The first-order valence-corrected chi connectivity index (χ1v) is 16.6. The van der Waals surface area contributed by atoms with Crippen LogP contribution in [-0.2, 0) is 16.0 Å². The van der Waals surface area contributed by atoms with Crippen molar-refractivity contribution in [2.75, 3.05) is 57.8 Å². The van der Waals surface area contributed by atoms with Gasteiger partial charge in [-0.15, -0.1) is 0 Å². The van der Waals surface area contributed by atoms with Crippen LogP contribution in [0.25, 0.3) is 22.0 Å². The number of benzene rings is 3. The first-order valence-electron chi connectivity index (χ1n) is 16.6. The number of aromatic amines is 1. The summed E-state index contributed by atoms with van der Waals surface area (Å²) in [6, 6.07) is 19.4. The van der Waals surface area contributed by atoms with Crippen molar-refractivity contribution in [1.29, 1.82) is 0 Å². The quantitative estimate of drug-likeness (QED) is 0.248. The zero-order chi connectivity index (χ0) is 32.5. The molecule has 0 saturated carbocycles. The number of H-pyrrole nitrogens is 1. The van der Waals surface area contributed by atoms with E-state index >= 15 is 0 Å². The van der Waals surface area contributed by atoms with Crippen molar-refractivity contribution in [1.82, 2.24) is 20.1 Å². The second-order valence-corrected chi connectivity index (χ2v) is 12.8. The maximum Gasteiger partial charge on any atom is 0.270 e. The Balaban J connectivity index is 0.953. The third kappa shape index (κ3) is 6.34. The fraction of sp³-hybridized carbons (Fsp3) is 0.378. The second kappa shape index (κ2) is 13.2. The number of amides is 3. The molecular weight excluding hydrogens is 597 g/mol. The number of carbonyl (C=O) groups excluding carboxylic acids is 3. The van der Waals surface area contributed by atoms with Gasteiger partial charge < -0.3 is 19.5 Å². The van der Waals surface area contributed by atoms with Crippen LogP contribution in [-0.4, -0.2) is 85.4 Å². The normalized spacial score (nSPS) is 18.7. The minimum atomic E-state index is -0.387. The number of nitrogens with zero attached hydrogens (tertiary/aromatic N) is 3. The number of piperidine rings is 1. The van der Waals surface area contributed by atoms with Gasteiger partial charge in [0.2, 0.25) is 11.8 Å². The first-order chi connectivity index (χ1) is 22.9. The predicted molar refractivity (Wildman–Crippen MR) is 179 cm³/mol.